The highest BCUT2D eigenvalue weighted by atomic mass is 16.5. The summed E-state index contributed by atoms with van der Waals surface area (Å²) in [5, 5.41) is 12.2. The lowest BCUT2D eigenvalue weighted by atomic mass is 9.82. The van der Waals surface area contributed by atoms with Crippen molar-refractivity contribution in [3.05, 3.63) is 107 Å². The molecule has 0 spiro atoms. The van der Waals surface area contributed by atoms with E-state index in [1.807, 2.05) is 73.1 Å². The van der Waals surface area contributed by atoms with Crippen LogP contribution in [-0.4, -0.2) is 17.6 Å². The summed E-state index contributed by atoms with van der Waals surface area (Å²) in [4.78, 5) is 12.1. The zero-order chi connectivity index (χ0) is 21.4. The lowest BCUT2D eigenvalue weighted by Gasteiger charge is -2.29. The summed E-state index contributed by atoms with van der Waals surface area (Å²) in [6.07, 6.45) is 3.70. The molecule has 1 aliphatic rings. The van der Waals surface area contributed by atoms with Crippen LogP contribution in [0.5, 0.6) is 5.75 Å². The lowest BCUT2D eigenvalue weighted by molar-refractivity contribution is 0.0600. The molecular weight excluding hydrogens is 388 g/mol. The SMILES string of the molecule is COC(=O)c1cccc(C2C(C#N)=C(n3cccc3)Oc3c2ccc2ccccc32)c1. The minimum atomic E-state index is -0.416. The molecule has 5 heteroatoms. The minimum absolute atomic E-state index is 0.389. The average Bonchev–Trinajstić information content (AvgIpc) is 3.37. The van der Waals surface area contributed by atoms with Crippen LogP contribution in [-0.2, 0) is 4.74 Å². The maximum absolute atomic E-state index is 12.1. The molecule has 2 heterocycles. The van der Waals surface area contributed by atoms with E-state index in [0.717, 1.165) is 21.9 Å². The fourth-order valence-electron chi connectivity index (χ4n) is 4.12. The second-order valence-electron chi connectivity index (χ2n) is 7.28. The molecule has 5 rings (SSSR count). The van der Waals surface area contributed by atoms with Crippen LogP contribution in [0.15, 0.2) is 90.8 Å². The van der Waals surface area contributed by atoms with Crippen molar-refractivity contribution in [2.45, 2.75) is 5.92 Å². The number of aromatic nitrogens is 1. The number of ether oxygens (including phenoxy) is 2. The Kier molecular flexibility index (Phi) is 4.53. The molecule has 0 saturated carbocycles. The van der Waals surface area contributed by atoms with Crippen LogP contribution in [0, 0.1) is 11.3 Å². The fraction of sp³-hybridized carbons (Fsp3) is 0.0769. The highest BCUT2D eigenvalue weighted by Gasteiger charge is 2.33. The molecule has 150 valence electrons. The van der Waals surface area contributed by atoms with Gasteiger partial charge in [0.1, 0.15) is 17.4 Å². The van der Waals surface area contributed by atoms with E-state index in [2.05, 4.69) is 6.07 Å². The number of fused-ring (bicyclic) bond motifs is 3. The maximum atomic E-state index is 12.1. The van der Waals surface area contributed by atoms with Gasteiger partial charge in [0, 0.05) is 23.3 Å². The fourth-order valence-corrected chi connectivity index (χ4v) is 4.12. The van der Waals surface area contributed by atoms with Crippen molar-refractivity contribution in [2.24, 2.45) is 0 Å². The van der Waals surface area contributed by atoms with Crippen LogP contribution in [0.1, 0.15) is 27.4 Å². The molecule has 1 atom stereocenters. The zero-order valence-electron chi connectivity index (χ0n) is 16.8. The lowest BCUT2D eigenvalue weighted by Crippen LogP contribution is -2.19. The summed E-state index contributed by atoms with van der Waals surface area (Å²) >= 11 is 0. The molecule has 5 nitrogen and oxygen atoms in total. The van der Waals surface area contributed by atoms with Crippen LogP contribution in [0.4, 0.5) is 0 Å². The van der Waals surface area contributed by atoms with Crippen LogP contribution >= 0.6 is 0 Å². The van der Waals surface area contributed by atoms with Gasteiger partial charge in [0.15, 0.2) is 0 Å². The number of methoxy groups -OCH3 is 1. The maximum Gasteiger partial charge on any atom is 0.337 e. The van der Waals surface area contributed by atoms with Crippen LogP contribution in [0.2, 0.25) is 0 Å². The third-order valence-corrected chi connectivity index (χ3v) is 5.54. The van der Waals surface area contributed by atoms with E-state index in [9.17, 15) is 10.1 Å². The molecule has 1 aromatic heterocycles. The Morgan fingerprint density at radius 2 is 1.84 bits per heavy atom. The van der Waals surface area contributed by atoms with Crippen molar-refractivity contribution in [1.29, 1.82) is 5.26 Å². The Bertz CT molecular complexity index is 1380. The second-order valence-corrected chi connectivity index (χ2v) is 7.28. The van der Waals surface area contributed by atoms with E-state index >= 15 is 0 Å². The van der Waals surface area contributed by atoms with E-state index in [-0.39, 0.29) is 5.92 Å². The summed E-state index contributed by atoms with van der Waals surface area (Å²) < 4.78 is 13.1. The predicted molar refractivity (Wildman–Crippen MR) is 117 cm³/mol. The van der Waals surface area contributed by atoms with E-state index in [0.29, 0.717) is 22.8 Å². The van der Waals surface area contributed by atoms with E-state index in [4.69, 9.17) is 9.47 Å². The number of nitriles is 1. The molecule has 0 N–H and O–H groups in total. The van der Waals surface area contributed by atoms with Crippen LogP contribution < -0.4 is 4.74 Å². The standard InChI is InChI=1S/C26H18N2O3/c1-30-26(29)19-9-6-8-18(15-19)23-21-12-11-17-7-2-3-10-20(17)24(21)31-25(22(23)16-27)28-13-4-5-14-28/h2-15,23H,1H3. The first-order valence-electron chi connectivity index (χ1n) is 9.86. The van der Waals surface area contributed by atoms with Crippen LogP contribution in [0.25, 0.3) is 16.7 Å². The monoisotopic (exact) mass is 406 g/mol. The van der Waals surface area contributed by atoms with Crippen molar-refractivity contribution in [3.63, 3.8) is 0 Å². The largest absolute Gasteiger partial charge is 0.465 e. The van der Waals surface area contributed by atoms with Gasteiger partial charge in [0.2, 0.25) is 5.88 Å². The first-order chi connectivity index (χ1) is 15.2. The number of allylic oxidation sites excluding steroid dienone is 1. The number of carbonyl (C=O) groups excluding carboxylic acids is 1. The Morgan fingerprint density at radius 1 is 1.03 bits per heavy atom. The summed E-state index contributed by atoms with van der Waals surface area (Å²) in [5.41, 5.74) is 2.62. The van der Waals surface area contributed by atoms with Gasteiger partial charge in [-0.2, -0.15) is 5.26 Å². The van der Waals surface area contributed by atoms with Crippen molar-refractivity contribution < 1.29 is 14.3 Å². The molecule has 0 aliphatic carbocycles. The predicted octanol–water partition coefficient (Wildman–Crippen LogP) is 5.34. The number of esters is 1. The van der Waals surface area contributed by atoms with E-state index < -0.39 is 5.97 Å². The second kappa shape index (κ2) is 7.51. The quantitative estimate of drug-likeness (QED) is 0.431. The molecule has 0 fully saturated rings. The molecular formula is C26H18N2O3. The Labute approximate surface area is 179 Å². The topological polar surface area (TPSA) is 64.2 Å². The van der Waals surface area contributed by atoms with Gasteiger partial charge >= 0.3 is 5.97 Å². The van der Waals surface area contributed by atoms with Crippen molar-refractivity contribution in [3.8, 4) is 11.8 Å². The van der Waals surface area contributed by atoms with E-state index in [1.54, 1.807) is 16.7 Å². The van der Waals surface area contributed by atoms with Gasteiger partial charge in [-0.1, -0.05) is 48.5 Å². The number of hydrogen-bond acceptors (Lipinski definition) is 4. The highest BCUT2D eigenvalue weighted by Crippen LogP contribution is 2.47. The van der Waals surface area contributed by atoms with Gasteiger partial charge < -0.3 is 9.47 Å². The first-order valence-corrected chi connectivity index (χ1v) is 9.86. The van der Waals surface area contributed by atoms with Gasteiger partial charge in [-0.25, -0.2) is 4.79 Å². The molecule has 4 aromatic rings. The first kappa shape index (κ1) is 18.7. The van der Waals surface area contributed by atoms with Gasteiger partial charge in [0.05, 0.1) is 18.6 Å². The van der Waals surface area contributed by atoms with Gasteiger partial charge in [-0.05, 0) is 35.2 Å². The molecule has 31 heavy (non-hydrogen) atoms. The number of nitrogens with zero attached hydrogens (tertiary/aromatic N) is 2. The summed E-state index contributed by atoms with van der Waals surface area (Å²) in [5.74, 6) is 0.375. The zero-order valence-corrected chi connectivity index (χ0v) is 16.8. The molecule has 1 aliphatic heterocycles. The number of rotatable bonds is 3. The van der Waals surface area contributed by atoms with Crippen LogP contribution in [0.3, 0.4) is 0 Å². The summed E-state index contributed by atoms with van der Waals surface area (Å²) in [6.45, 7) is 0. The van der Waals surface area contributed by atoms with Gasteiger partial charge in [-0.15, -0.1) is 0 Å². The Morgan fingerprint density at radius 3 is 2.61 bits per heavy atom. The minimum Gasteiger partial charge on any atom is -0.465 e. The molecule has 3 aromatic carbocycles. The normalized spacial score (nSPS) is 15.2. The number of hydrogen-bond donors (Lipinski definition) is 0. The highest BCUT2D eigenvalue weighted by molar-refractivity contribution is 5.92. The summed E-state index contributed by atoms with van der Waals surface area (Å²) in [6, 6.07) is 25.4. The Hall–Kier alpha value is -4.30. The van der Waals surface area contributed by atoms with Crippen molar-refractivity contribution in [2.75, 3.05) is 7.11 Å². The Balaban J connectivity index is 1.80. The molecule has 0 bridgehead atoms. The van der Waals surface area contributed by atoms with Gasteiger partial charge in [-0.3, -0.25) is 4.57 Å². The average molecular weight is 406 g/mol. The van der Waals surface area contributed by atoms with Crippen molar-refractivity contribution in [1.82, 2.24) is 4.57 Å². The smallest absolute Gasteiger partial charge is 0.337 e. The molecule has 0 radical (unpaired) electrons. The van der Waals surface area contributed by atoms with Gasteiger partial charge in [0.25, 0.3) is 0 Å². The molecule has 0 amide bonds. The third kappa shape index (κ3) is 3.06. The van der Waals surface area contributed by atoms with Crippen molar-refractivity contribution >= 4 is 22.6 Å². The molecule has 0 saturated heterocycles. The molecule has 1 unspecified atom stereocenters. The summed E-state index contributed by atoms with van der Waals surface area (Å²) in [7, 11) is 1.36. The van der Waals surface area contributed by atoms with E-state index in [1.165, 1.54) is 7.11 Å². The number of benzene rings is 3. The number of carbonyl (C=O) groups is 1. The third-order valence-electron chi connectivity index (χ3n) is 5.54.